The Morgan fingerprint density at radius 2 is 1.39 bits per heavy atom. The highest BCUT2D eigenvalue weighted by Crippen LogP contribution is 2.35. The van der Waals surface area contributed by atoms with Crippen LogP contribution in [0.5, 0.6) is 0 Å². The third-order valence-electron chi connectivity index (χ3n) is 4.84. The van der Waals surface area contributed by atoms with E-state index >= 15 is 0 Å². The molecule has 0 fully saturated rings. The number of alkyl halides is 3. The minimum Gasteiger partial charge on any atom is -0.455 e. The van der Waals surface area contributed by atoms with Gasteiger partial charge in [-0.25, -0.2) is 8.42 Å². The van der Waals surface area contributed by atoms with Gasteiger partial charge in [0.1, 0.15) is 11.3 Å². The number of fused-ring (bicyclic) bond motifs is 1. The van der Waals surface area contributed by atoms with Gasteiger partial charge >= 0.3 is 6.18 Å². The molecule has 0 unspecified atom stereocenters. The van der Waals surface area contributed by atoms with Crippen LogP contribution in [0.25, 0.3) is 33.4 Å². The van der Waals surface area contributed by atoms with E-state index in [2.05, 4.69) is 0 Å². The van der Waals surface area contributed by atoms with Crippen molar-refractivity contribution in [3.05, 3.63) is 88.6 Å². The van der Waals surface area contributed by atoms with Gasteiger partial charge in [-0.3, -0.25) is 4.79 Å². The number of hydrogen-bond donors (Lipinski definition) is 0. The molecule has 0 N–H and O–H groups in total. The lowest BCUT2D eigenvalue weighted by Gasteiger charge is -2.12. The summed E-state index contributed by atoms with van der Waals surface area (Å²) < 4.78 is 68.3. The van der Waals surface area contributed by atoms with Crippen LogP contribution in [0.15, 0.2) is 86.9 Å². The Bertz CT molecular complexity index is 1430. The zero-order valence-corrected chi connectivity index (χ0v) is 16.9. The fourth-order valence-electron chi connectivity index (χ4n) is 3.29. The van der Waals surface area contributed by atoms with Crippen molar-refractivity contribution in [3.8, 4) is 22.5 Å². The quantitative estimate of drug-likeness (QED) is 0.416. The van der Waals surface area contributed by atoms with Crippen molar-refractivity contribution >= 4 is 20.8 Å². The molecule has 158 valence electrons. The summed E-state index contributed by atoms with van der Waals surface area (Å²) in [6, 6.07) is 16.6. The van der Waals surface area contributed by atoms with Gasteiger partial charge in [0, 0.05) is 11.8 Å². The maximum absolute atomic E-state index is 13.3. The Labute approximate surface area is 175 Å². The first-order chi connectivity index (χ1) is 14.6. The maximum atomic E-state index is 13.3. The van der Waals surface area contributed by atoms with Crippen molar-refractivity contribution in [1.29, 1.82) is 0 Å². The van der Waals surface area contributed by atoms with E-state index in [0.717, 1.165) is 18.4 Å². The first-order valence-corrected chi connectivity index (χ1v) is 11.0. The molecule has 1 heterocycles. The molecule has 8 heteroatoms. The Balaban J connectivity index is 1.98. The van der Waals surface area contributed by atoms with Crippen LogP contribution in [0.3, 0.4) is 0 Å². The molecule has 0 aliphatic rings. The molecule has 3 aromatic carbocycles. The van der Waals surface area contributed by atoms with E-state index in [1.165, 1.54) is 36.4 Å². The summed E-state index contributed by atoms with van der Waals surface area (Å²) in [4.78, 5) is 13.3. The monoisotopic (exact) mass is 444 g/mol. The fraction of sp³-hybridized carbons (Fsp3) is 0.0870. The van der Waals surface area contributed by atoms with Gasteiger partial charge in [-0.05, 0) is 54.1 Å². The highest BCUT2D eigenvalue weighted by atomic mass is 32.2. The van der Waals surface area contributed by atoms with Crippen molar-refractivity contribution in [2.24, 2.45) is 0 Å². The second kappa shape index (κ2) is 7.39. The molecule has 4 aromatic rings. The molecular weight excluding hydrogens is 429 g/mol. The van der Waals surface area contributed by atoms with Crippen molar-refractivity contribution in [3.63, 3.8) is 0 Å². The Hall–Kier alpha value is -3.39. The minimum absolute atomic E-state index is 0.0930. The van der Waals surface area contributed by atoms with E-state index in [-0.39, 0.29) is 27.2 Å². The normalized spacial score (nSPS) is 12.3. The molecule has 4 nitrogen and oxygen atoms in total. The highest BCUT2D eigenvalue weighted by molar-refractivity contribution is 7.90. The van der Waals surface area contributed by atoms with E-state index in [9.17, 15) is 26.4 Å². The minimum atomic E-state index is -4.50. The average Bonchev–Trinajstić information content (AvgIpc) is 2.73. The lowest BCUT2D eigenvalue weighted by atomic mass is 9.97. The Kier molecular flexibility index (Phi) is 4.97. The standard InChI is InChI=1S/C23H15F3O4S/c1-31(28,29)17-12-8-15(9-13-17)22-20(14-6-10-16(11-7-14)23(24,25)26)21(27)18-4-2-3-5-19(18)30-22/h2-13H,1H3. The fourth-order valence-corrected chi connectivity index (χ4v) is 3.92. The van der Waals surface area contributed by atoms with Gasteiger partial charge in [0.15, 0.2) is 9.84 Å². The van der Waals surface area contributed by atoms with Crippen LogP contribution in [0.1, 0.15) is 5.56 Å². The van der Waals surface area contributed by atoms with Gasteiger partial charge in [-0.1, -0.05) is 24.3 Å². The Morgan fingerprint density at radius 3 is 1.97 bits per heavy atom. The molecule has 0 saturated heterocycles. The summed E-state index contributed by atoms with van der Waals surface area (Å²) in [6.45, 7) is 0. The number of hydrogen-bond acceptors (Lipinski definition) is 4. The summed E-state index contributed by atoms with van der Waals surface area (Å²) in [5.41, 5.74) is -0.144. The van der Waals surface area contributed by atoms with Gasteiger partial charge in [-0.15, -0.1) is 0 Å². The number of benzene rings is 3. The smallest absolute Gasteiger partial charge is 0.416 e. The van der Waals surface area contributed by atoms with Crippen LogP contribution in [0.2, 0.25) is 0 Å². The summed E-state index contributed by atoms with van der Waals surface area (Å²) in [6.07, 6.45) is -3.43. The zero-order chi connectivity index (χ0) is 22.4. The van der Waals surface area contributed by atoms with Crippen LogP contribution >= 0.6 is 0 Å². The van der Waals surface area contributed by atoms with Crippen LogP contribution < -0.4 is 5.43 Å². The molecule has 0 spiro atoms. The molecule has 0 bridgehead atoms. The molecule has 1 aromatic heterocycles. The lowest BCUT2D eigenvalue weighted by molar-refractivity contribution is -0.137. The number of halogens is 3. The first-order valence-electron chi connectivity index (χ1n) is 9.10. The summed E-state index contributed by atoms with van der Waals surface area (Å²) >= 11 is 0. The summed E-state index contributed by atoms with van der Waals surface area (Å²) in [5.74, 6) is 0.142. The van der Waals surface area contributed by atoms with E-state index in [4.69, 9.17) is 4.42 Å². The van der Waals surface area contributed by atoms with Crippen LogP contribution in [0, 0.1) is 0 Å². The molecule has 4 rings (SSSR count). The molecule has 0 amide bonds. The zero-order valence-electron chi connectivity index (χ0n) is 16.1. The van der Waals surface area contributed by atoms with Crippen molar-refractivity contribution in [2.45, 2.75) is 11.1 Å². The van der Waals surface area contributed by atoms with E-state index in [1.807, 2.05) is 0 Å². The maximum Gasteiger partial charge on any atom is 0.416 e. The topological polar surface area (TPSA) is 64.3 Å². The first kappa shape index (κ1) is 20.9. The predicted octanol–water partition coefficient (Wildman–Crippen LogP) is 5.55. The lowest BCUT2D eigenvalue weighted by Crippen LogP contribution is -2.08. The van der Waals surface area contributed by atoms with E-state index in [1.54, 1.807) is 24.3 Å². The van der Waals surface area contributed by atoms with Crippen molar-refractivity contribution in [1.82, 2.24) is 0 Å². The highest BCUT2D eigenvalue weighted by Gasteiger charge is 2.30. The average molecular weight is 444 g/mol. The largest absolute Gasteiger partial charge is 0.455 e. The van der Waals surface area contributed by atoms with Crippen molar-refractivity contribution in [2.75, 3.05) is 6.26 Å². The molecule has 0 radical (unpaired) electrons. The van der Waals surface area contributed by atoms with Gasteiger partial charge in [-0.2, -0.15) is 13.2 Å². The van der Waals surface area contributed by atoms with Crippen molar-refractivity contribution < 1.29 is 26.0 Å². The van der Waals surface area contributed by atoms with Gasteiger partial charge in [0.25, 0.3) is 0 Å². The number of sulfone groups is 1. The summed E-state index contributed by atoms with van der Waals surface area (Å²) in [5, 5.41) is 0.286. The predicted molar refractivity (Wildman–Crippen MR) is 111 cm³/mol. The number of para-hydroxylation sites is 1. The third-order valence-corrected chi connectivity index (χ3v) is 5.97. The van der Waals surface area contributed by atoms with Crippen LogP contribution in [0.4, 0.5) is 13.2 Å². The van der Waals surface area contributed by atoms with E-state index in [0.29, 0.717) is 11.1 Å². The molecule has 0 atom stereocenters. The van der Waals surface area contributed by atoms with E-state index < -0.39 is 27.0 Å². The molecule has 0 saturated carbocycles. The van der Waals surface area contributed by atoms with Crippen LogP contribution in [-0.2, 0) is 16.0 Å². The second-order valence-corrected chi connectivity index (χ2v) is 9.02. The number of rotatable bonds is 3. The van der Waals surface area contributed by atoms with Gasteiger partial charge in [0.2, 0.25) is 5.43 Å². The molecule has 0 aliphatic carbocycles. The van der Waals surface area contributed by atoms with Gasteiger partial charge in [0.05, 0.1) is 21.4 Å². The SMILES string of the molecule is CS(=O)(=O)c1ccc(-c2oc3ccccc3c(=O)c2-c2ccc(C(F)(F)F)cc2)cc1. The molecule has 0 aliphatic heterocycles. The third kappa shape index (κ3) is 3.98. The summed E-state index contributed by atoms with van der Waals surface area (Å²) in [7, 11) is -3.42. The van der Waals surface area contributed by atoms with Crippen LogP contribution in [-0.4, -0.2) is 14.7 Å². The van der Waals surface area contributed by atoms with Gasteiger partial charge < -0.3 is 4.42 Å². The molecular formula is C23H15F3O4S. The second-order valence-electron chi connectivity index (χ2n) is 7.00. The Morgan fingerprint density at radius 1 is 0.806 bits per heavy atom. The molecule has 31 heavy (non-hydrogen) atoms.